The highest BCUT2D eigenvalue weighted by Crippen LogP contribution is 2.53. The number of Topliss-reactive ketones (excluding diaryl/α,β-unsaturated/α-hetero) is 1. The molecule has 2 aromatic rings. The van der Waals surface area contributed by atoms with E-state index in [-0.39, 0.29) is 29.3 Å². The number of carbonyl (C=O) groups is 1. The Morgan fingerprint density at radius 2 is 2.03 bits per heavy atom. The van der Waals surface area contributed by atoms with Gasteiger partial charge < -0.3 is 14.8 Å². The van der Waals surface area contributed by atoms with E-state index in [2.05, 4.69) is 48.1 Å². The smallest absolute Gasteiger partial charge is 0.163 e. The standard InChI is InChI=1S/C31H40BrClN2O3S/c1-29(2,3)16-25-31(19-34,26-15-21(32)18-39-26)27(20-10-9-11-22(33)14-20)28(35-25)24(36)13-8-6-7-12-23-17-37-30(4,5)38-23/h9-11,14-15,18,23,25,27-28,35H,6-8,12-13,16-17H2,1-5H3/t23-,25-,27-,28-,31+/m0/s1. The van der Waals surface area contributed by atoms with Gasteiger partial charge in [-0.25, -0.2) is 0 Å². The first-order chi connectivity index (χ1) is 18.3. The Hall–Kier alpha value is -1.27. The predicted octanol–water partition coefficient (Wildman–Crippen LogP) is 8.16. The summed E-state index contributed by atoms with van der Waals surface area (Å²) in [6, 6.07) is 11.8. The topological polar surface area (TPSA) is 71.3 Å². The van der Waals surface area contributed by atoms with Crippen molar-refractivity contribution in [2.24, 2.45) is 5.41 Å². The number of ether oxygens (including phenoxy) is 2. The second-order valence-electron chi connectivity index (χ2n) is 12.6. The first-order valence-electron chi connectivity index (χ1n) is 13.9. The summed E-state index contributed by atoms with van der Waals surface area (Å²) in [5, 5.41) is 17.3. The van der Waals surface area contributed by atoms with E-state index in [4.69, 9.17) is 21.1 Å². The third-order valence-electron chi connectivity index (χ3n) is 7.80. The van der Waals surface area contributed by atoms with Gasteiger partial charge in [-0.05, 0) is 78.2 Å². The molecule has 212 valence electrons. The number of rotatable bonds is 10. The highest BCUT2D eigenvalue weighted by Gasteiger charge is 2.59. The van der Waals surface area contributed by atoms with Crippen LogP contribution in [0.15, 0.2) is 40.2 Å². The van der Waals surface area contributed by atoms with Gasteiger partial charge in [0.1, 0.15) is 11.2 Å². The Kier molecular flexibility index (Phi) is 9.68. The Bertz CT molecular complexity index is 1200. The Morgan fingerprint density at radius 1 is 1.26 bits per heavy atom. The minimum atomic E-state index is -0.901. The molecule has 0 aliphatic carbocycles. The fourth-order valence-corrected chi connectivity index (χ4v) is 8.03. The fourth-order valence-electron chi connectivity index (χ4n) is 6.16. The van der Waals surface area contributed by atoms with Gasteiger partial charge in [0.25, 0.3) is 0 Å². The van der Waals surface area contributed by atoms with Crippen LogP contribution in [0.4, 0.5) is 0 Å². The number of hydrogen-bond donors (Lipinski definition) is 1. The molecule has 3 heterocycles. The minimum absolute atomic E-state index is 0.0360. The van der Waals surface area contributed by atoms with E-state index in [9.17, 15) is 10.1 Å². The van der Waals surface area contributed by atoms with Crippen molar-refractivity contribution in [1.82, 2.24) is 5.32 Å². The van der Waals surface area contributed by atoms with Gasteiger partial charge in [-0.15, -0.1) is 11.3 Å². The molecule has 0 radical (unpaired) electrons. The van der Waals surface area contributed by atoms with E-state index in [1.807, 2.05) is 49.6 Å². The van der Waals surface area contributed by atoms with Crippen molar-refractivity contribution in [1.29, 1.82) is 5.26 Å². The second kappa shape index (κ2) is 12.3. The fraction of sp³-hybridized carbons (Fsp3) is 0.613. The molecule has 0 spiro atoms. The number of unbranched alkanes of at least 4 members (excludes halogenated alkanes) is 2. The first kappa shape index (κ1) is 30.7. The van der Waals surface area contributed by atoms with Crippen LogP contribution in [0.3, 0.4) is 0 Å². The van der Waals surface area contributed by atoms with Crippen molar-refractivity contribution in [2.45, 2.75) is 108 Å². The highest BCUT2D eigenvalue weighted by molar-refractivity contribution is 9.10. The van der Waals surface area contributed by atoms with Gasteiger partial charge in [-0.3, -0.25) is 4.79 Å². The van der Waals surface area contributed by atoms with Crippen molar-refractivity contribution in [2.75, 3.05) is 6.61 Å². The number of benzene rings is 1. The Labute approximate surface area is 250 Å². The van der Waals surface area contributed by atoms with Crippen LogP contribution in [-0.4, -0.2) is 36.4 Å². The lowest BCUT2D eigenvalue weighted by Gasteiger charge is -2.36. The molecule has 5 atom stereocenters. The summed E-state index contributed by atoms with van der Waals surface area (Å²) in [6.45, 7) is 11.1. The Morgan fingerprint density at radius 3 is 2.62 bits per heavy atom. The summed E-state index contributed by atoms with van der Waals surface area (Å²) < 4.78 is 12.5. The van der Waals surface area contributed by atoms with E-state index in [0.29, 0.717) is 18.1 Å². The summed E-state index contributed by atoms with van der Waals surface area (Å²) >= 11 is 11.6. The van der Waals surface area contributed by atoms with Crippen LogP contribution in [0.1, 0.15) is 89.5 Å². The van der Waals surface area contributed by atoms with Crippen LogP contribution in [0.2, 0.25) is 5.02 Å². The van der Waals surface area contributed by atoms with Crippen molar-refractivity contribution in [3.05, 3.63) is 55.6 Å². The van der Waals surface area contributed by atoms with Gasteiger partial charge in [-0.2, -0.15) is 5.26 Å². The number of halogens is 2. The molecule has 1 aromatic carbocycles. The lowest BCUT2D eigenvalue weighted by atomic mass is 9.65. The van der Waals surface area contributed by atoms with E-state index >= 15 is 0 Å². The number of hydrogen-bond acceptors (Lipinski definition) is 6. The van der Waals surface area contributed by atoms with Crippen molar-refractivity contribution in [3.8, 4) is 6.07 Å². The lowest BCUT2D eigenvalue weighted by Crippen LogP contribution is -2.43. The van der Waals surface area contributed by atoms with Gasteiger partial charge in [0.15, 0.2) is 5.79 Å². The zero-order chi connectivity index (χ0) is 28.4. The average molecular weight is 636 g/mol. The van der Waals surface area contributed by atoms with E-state index < -0.39 is 17.2 Å². The SMILES string of the molecule is CC(C)(C)C[C@@H]1N[C@@H](C(=O)CCCCC[C@H]2COC(C)(C)O2)[C@H](c2cccc(Cl)c2)[C@@]1(C#N)c1cc(Br)cs1. The molecule has 0 saturated carbocycles. The molecule has 0 unspecified atom stereocenters. The number of nitrogens with zero attached hydrogens (tertiary/aromatic N) is 1. The molecule has 4 rings (SSSR count). The van der Waals surface area contributed by atoms with Gasteiger partial charge in [0.05, 0.1) is 24.8 Å². The summed E-state index contributed by atoms with van der Waals surface area (Å²) in [5.74, 6) is -0.690. The molecular weight excluding hydrogens is 596 g/mol. The van der Waals surface area contributed by atoms with Crippen LogP contribution in [0, 0.1) is 16.7 Å². The maximum absolute atomic E-state index is 13.9. The summed E-state index contributed by atoms with van der Waals surface area (Å²) in [7, 11) is 0. The molecule has 5 nitrogen and oxygen atoms in total. The Balaban J connectivity index is 1.58. The van der Waals surface area contributed by atoms with Crippen LogP contribution >= 0.6 is 38.9 Å². The number of carbonyl (C=O) groups excluding carboxylic acids is 1. The molecule has 2 aliphatic rings. The maximum atomic E-state index is 13.9. The number of nitriles is 1. The molecule has 0 bridgehead atoms. The van der Waals surface area contributed by atoms with Crippen molar-refractivity contribution < 1.29 is 14.3 Å². The van der Waals surface area contributed by atoms with Crippen molar-refractivity contribution in [3.63, 3.8) is 0 Å². The zero-order valence-electron chi connectivity index (χ0n) is 23.6. The molecule has 1 N–H and O–H groups in total. The normalized spacial score (nSPS) is 28.5. The van der Waals surface area contributed by atoms with Gasteiger partial charge in [0, 0.05) is 38.1 Å². The quantitative estimate of drug-likeness (QED) is 0.267. The summed E-state index contributed by atoms with van der Waals surface area (Å²) in [4.78, 5) is 14.9. The second-order valence-corrected chi connectivity index (χ2v) is 14.9. The van der Waals surface area contributed by atoms with Gasteiger partial charge in [-0.1, -0.05) is 57.3 Å². The number of nitrogens with one attached hydrogen (secondary N) is 1. The highest BCUT2D eigenvalue weighted by atomic mass is 79.9. The molecule has 0 amide bonds. The average Bonchev–Trinajstić information content (AvgIpc) is 3.53. The third-order valence-corrected chi connectivity index (χ3v) is 9.88. The molecular formula is C31H40BrClN2O3S. The number of ketones is 1. The summed E-state index contributed by atoms with van der Waals surface area (Å²) in [5.41, 5.74) is -0.00962. The number of thiophene rings is 1. The van der Waals surface area contributed by atoms with Crippen LogP contribution < -0.4 is 5.32 Å². The molecule has 2 saturated heterocycles. The third kappa shape index (κ3) is 7.15. The molecule has 39 heavy (non-hydrogen) atoms. The minimum Gasteiger partial charge on any atom is -0.348 e. The van der Waals surface area contributed by atoms with E-state index in [0.717, 1.165) is 47.0 Å². The van der Waals surface area contributed by atoms with E-state index in [1.54, 1.807) is 11.3 Å². The molecule has 1 aromatic heterocycles. The van der Waals surface area contributed by atoms with Gasteiger partial charge in [0.2, 0.25) is 0 Å². The first-order valence-corrected chi connectivity index (χ1v) is 15.9. The molecule has 2 fully saturated rings. The van der Waals surface area contributed by atoms with Crippen LogP contribution in [0.25, 0.3) is 0 Å². The molecule has 8 heteroatoms. The summed E-state index contributed by atoms with van der Waals surface area (Å²) in [6.07, 6.45) is 5.04. The van der Waals surface area contributed by atoms with Crippen LogP contribution in [0.5, 0.6) is 0 Å². The van der Waals surface area contributed by atoms with Crippen molar-refractivity contribution >= 4 is 44.7 Å². The maximum Gasteiger partial charge on any atom is 0.163 e. The lowest BCUT2D eigenvalue weighted by molar-refractivity contribution is -0.139. The molecule has 2 aliphatic heterocycles. The zero-order valence-corrected chi connectivity index (χ0v) is 26.7. The van der Waals surface area contributed by atoms with Crippen LogP contribution in [-0.2, 0) is 19.7 Å². The largest absolute Gasteiger partial charge is 0.348 e. The predicted molar refractivity (Wildman–Crippen MR) is 161 cm³/mol. The van der Waals surface area contributed by atoms with E-state index in [1.165, 1.54) is 0 Å². The monoisotopic (exact) mass is 634 g/mol. The van der Waals surface area contributed by atoms with Gasteiger partial charge >= 0.3 is 0 Å².